The SMILES string of the molecule is CN1CCC(NC(=O)C[C@@H]2CCC[C@H]2N)CC1.Cl.Cl. The maximum absolute atomic E-state index is 11.9. The van der Waals surface area contributed by atoms with E-state index in [1.807, 2.05) is 0 Å². The van der Waals surface area contributed by atoms with Gasteiger partial charge in [-0.3, -0.25) is 4.79 Å². The van der Waals surface area contributed by atoms with Crippen LogP contribution in [0.5, 0.6) is 0 Å². The highest BCUT2D eigenvalue weighted by molar-refractivity contribution is 5.85. The molecule has 1 heterocycles. The predicted octanol–water partition coefficient (Wildman–Crippen LogP) is 1.56. The summed E-state index contributed by atoms with van der Waals surface area (Å²) in [5, 5.41) is 3.17. The van der Waals surface area contributed by atoms with Crippen LogP contribution in [0.3, 0.4) is 0 Å². The van der Waals surface area contributed by atoms with Gasteiger partial charge in [-0.05, 0) is 51.7 Å². The van der Waals surface area contributed by atoms with E-state index in [-0.39, 0.29) is 36.8 Å². The third kappa shape index (κ3) is 5.86. The molecule has 6 heteroatoms. The number of nitrogens with one attached hydrogen (secondary N) is 1. The molecule has 0 aromatic heterocycles. The molecule has 2 atom stereocenters. The maximum Gasteiger partial charge on any atom is 0.220 e. The standard InChI is InChI=1S/C13H25N3O.2ClH/c1-16-7-5-11(6-8-16)15-13(17)9-10-3-2-4-12(10)14;;/h10-12H,2-9,14H2,1H3,(H,15,17);2*1H/t10-,12+;;/m0../s1. The van der Waals surface area contributed by atoms with Crippen LogP contribution in [0.2, 0.25) is 0 Å². The summed E-state index contributed by atoms with van der Waals surface area (Å²) in [6, 6.07) is 0.634. The van der Waals surface area contributed by atoms with Crippen LogP contribution in [-0.2, 0) is 4.79 Å². The zero-order valence-electron chi connectivity index (χ0n) is 11.6. The van der Waals surface area contributed by atoms with E-state index in [0.717, 1.165) is 38.8 Å². The number of likely N-dealkylation sites (tertiary alicyclic amines) is 1. The number of carbonyl (C=O) groups excluding carboxylic acids is 1. The summed E-state index contributed by atoms with van der Waals surface area (Å²) in [5.74, 6) is 0.628. The highest BCUT2D eigenvalue weighted by Gasteiger charge is 2.27. The average Bonchev–Trinajstić information content (AvgIpc) is 2.68. The lowest BCUT2D eigenvalue weighted by Crippen LogP contribution is -2.44. The van der Waals surface area contributed by atoms with E-state index in [1.54, 1.807) is 0 Å². The molecule has 2 rings (SSSR count). The van der Waals surface area contributed by atoms with Gasteiger partial charge < -0.3 is 16.0 Å². The van der Waals surface area contributed by atoms with Crippen LogP contribution >= 0.6 is 24.8 Å². The van der Waals surface area contributed by atoms with Crippen LogP contribution in [0, 0.1) is 5.92 Å². The van der Waals surface area contributed by atoms with Gasteiger partial charge in [-0.15, -0.1) is 24.8 Å². The Morgan fingerprint density at radius 3 is 2.37 bits per heavy atom. The third-order valence-corrected chi connectivity index (χ3v) is 4.25. The summed E-state index contributed by atoms with van der Waals surface area (Å²) in [7, 11) is 2.13. The van der Waals surface area contributed by atoms with Gasteiger partial charge in [0.2, 0.25) is 5.91 Å². The van der Waals surface area contributed by atoms with E-state index in [4.69, 9.17) is 5.73 Å². The molecule has 0 unspecified atom stereocenters. The largest absolute Gasteiger partial charge is 0.353 e. The molecule has 2 fully saturated rings. The Morgan fingerprint density at radius 2 is 1.84 bits per heavy atom. The molecule has 19 heavy (non-hydrogen) atoms. The highest BCUT2D eigenvalue weighted by Crippen LogP contribution is 2.26. The lowest BCUT2D eigenvalue weighted by Gasteiger charge is -2.29. The molecular formula is C13H27Cl2N3O. The second-order valence-corrected chi connectivity index (χ2v) is 5.70. The first kappa shape index (κ1) is 19.0. The fourth-order valence-electron chi connectivity index (χ4n) is 3.00. The van der Waals surface area contributed by atoms with Crippen molar-refractivity contribution in [3.8, 4) is 0 Å². The van der Waals surface area contributed by atoms with Gasteiger partial charge in [0.1, 0.15) is 0 Å². The second-order valence-electron chi connectivity index (χ2n) is 5.70. The summed E-state index contributed by atoms with van der Waals surface area (Å²) < 4.78 is 0. The summed E-state index contributed by atoms with van der Waals surface area (Å²) in [5.41, 5.74) is 5.99. The molecular weight excluding hydrogens is 285 g/mol. The lowest BCUT2D eigenvalue weighted by atomic mass is 9.99. The van der Waals surface area contributed by atoms with Crippen molar-refractivity contribution in [1.82, 2.24) is 10.2 Å². The Bertz CT molecular complexity index is 271. The van der Waals surface area contributed by atoms with Crippen molar-refractivity contribution in [1.29, 1.82) is 0 Å². The van der Waals surface area contributed by atoms with E-state index in [0.29, 0.717) is 18.4 Å². The minimum atomic E-state index is 0. The van der Waals surface area contributed by atoms with Gasteiger partial charge in [-0.2, -0.15) is 0 Å². The Kier molecular flexibility index (Phi) is 8.99. The minimum Gasteiger partial charge on any atom is -0.353 e. The van der Waals surface area contributed by atoms with Crippen molar-refractivity contribution >= 4 is 30.7 Å². The number of rotatable bonds is 3. The molecule has 1 saturated heterocycles. The first-order valence-electron chi connectivity index (χ1n) is 6.88. The van der Waals surface area contributed by atoms with Gasteiger partial charge >= 0.3 is 0 Å². The second kappa shape index (κ2) is 9.01. The number of hydrogen-bond acceptors (Lipinski definition) is 3. The average molecular weight is 312 g/mol. The van der Waals surface area contributed by atoms with Gasteiger partial charge in [0.15, 0.2) is 0 Å². The number of piperidine rings is 1. The number of halogens is 2. The molecule has 3 N–H and O–H groups in total. The van der Waals surface area contributed by atoms with Crippen LogP contribution < -0.4 is 11.1 Å². The Labute approximate surface area is 128 Å². The monoisotopic (exact) mass is 311 g/mol. The molecule has 0 aromatic carbocycles. The lowest BCUT2D eigenvalue weighted by molar-refractivity contribution is -0.123. The number of nitrogens with two attached hydrogens (primary N) is 1. The smallest absolute Gasteiger partial charge is 0.220 e. The van der Waals surface area contributed by atoms with Crippen molar-refractivity contribution in [3.05, 3.63) is 0 Å². The third-order valence-electron chi connectivity index (χ3n) is 4.25. The van der Waals surface area contributed by atoms with Crippen molar-refractivity contribution in [2.45, 2.75) is 50.6 Å². The van der Waals surface area contributed by atoms with Crippen LogP contribution in [0.1, 0.15) is 38.5 Å². The quantitative estimate of drug-likeness (QED) is 0.831. The molecule has 0 spiro atoms. The summed E-state index contributed by atoms with van der Waals surface area (Å²) >= 11 is 0. The van der Waals surface area contributed by atoms with Crippen LogP contribution in [0.4, 0.5) is 0 Å². The van der Waals surface area contributed by atoms with E-state index in [2.05, 4.69) is 17.3 Å². The zero-order valence-corrected chi connectivity index (χ0v) is 13.3. The van der Waals surface area contributed by atoms with E-state index in [9.17, 15) is 4.79 Å². The number of carbonyl (C=O) groups is 1. The normalized spacial score (nSPS) is 28.3. The molecule has 1 saturated carbocycles. The molecule has 0 aromatic rings. The van der Waals surface area contributed by atoms with Crippen molar-refractivity contribution in [2.75, 3.05) is 20.1 Å². The molecule has 1 aliphatic heterocycles. The number of amides is 1. The fourth-order valence-corrected chi connectivity index (χ4v) is 3.00. The van der Waals surface area contributed by atoms with Gasteiger partial charge in [0, 0.05) is 18.5 Å². The topological polar surface area (TPSA) is 58.4 Å². The predicted molar refractivity (Wildman–Crippen MR) is 83.1 cm³/mol. The Balaban J connectivity index is 0.00000162. The summed E-state index contributed by atoms with van der Waals surface area (Å²) in [6.45, 7) is 2.18. The number of nitrogens with zero attached hydrogens (tertiary/aromatic N) is 1. The molecule has 1 aliphatic carbocycles. The van der Waals surface area contributed by atoms with Crippen LogP contribution in [-0.4, -0.2) is 43.0 Å². The molecule has 4 nitrogen and oxygen atoms in total. The van der Waals surface area contributed by atoms with Gasteiger partial charge in [-0.1, -0.05) is 6.42 Å². The Hall–Kier alpha value is -0.0300. The zero-order chi connectivity index (χ0) is 12.3. The first-order chi connectivity index (χ1) is 8.15. The van der Waals surface area contributed by atoms with E-state index in [1.165, 1.54) is 6.42 Å². The van der Waals surface area contributed by atoms with E-state index >= 15 is 0 Å². The van der Waals surface area contributed by atoms with Crippen molar-refractivity contribution < 1.29 is 4.79 Å². The molecule has 0 radical (unpaired) electrons. The van der Waals surface area contributed by atoms with Crippen LogP contribution in [0.25, 0.3) is 0 Å². The van der Waals surface area contributed by atoms with Gasteiger partial charge in [-0.25, -0.2) is 0 Å². The van der Waals surface area contributed by atoms with Gasteiger partial charge in [0.25, 0.3) is 0 Å². The highest BCUT2D eigenvalue weighted by atomic mass is 35.5. The van der Waals surface area contributed by atoms with Crippen molar-refractivity contribution in [3.63, 3.8) is 0 Å². The molecule has 0 bridgehead atoms. The van der Waals surface area contributed by atoms with E-state index < -0.39 is 0 Å². The molecule has 1 amide bonds. The number of hydrogen-bond donors (Lipinski definition) is 2. The Morgan fingerprint density at radius 1 is 1.21 bits per heavy atom. The molecule has 2 aliphatic rings. The fraction of sp³-hybridized carbons (Fsp3) is 0.923. The summed E-state index contributed by atoms with van der Waals surface area (Å²) in [6.07, 6.45) is 6.20. The maximum atomic E-state index is 11.9. The first-order valence-corrected chi connectivity index (χ1v) is 6.88. The minimum absolute atomic E-state index is 0. The molecule has 114 valence electrons. The summed E-state index contributed by atoms with van der Waals surface area (Å²) in [4.78, 5) is 14.2. The van der Waals surface area contributed by atoms with Crippen LogP contribution in [0.15, 0.2) is 0 Å². The van der Waals surface area contributed by atoms with Gasteiger partial charge in [0.05, 0.1) is 0 Å². The van der Waals surface area contributed by atoms with Crippen molar-refractivity contribution in [2.24, 2.45) is 11.7 Å².